The van der Waals surface area contributed by atoms with Crippen molar-refractivity contribution >= 4 is 40.5 Å². The van der Waals surface area contributed by atoms with Crippen LogP contribution in [0.25, 0.3) is 10.9 Å². The van der Waals surface area contributed by atoms with Crippen LogP contribution in [0.15, 0.2) is 54.7 Å². The number of aliphatic carboxylic acids is 1. The lowest BCUT2D eigenvalue weighted by Gasteiger charge is -2.25. The Kier molecular flexibility index (Phi) is 10.6. The third kappa shape index (κ3) is 8.52. The Labute approximate surface area is 240 Å². The Morgan fingerprint density at radius 2 is 1.50 bits per heavy atom. The molecule has 0 saturated carbocycles. The number of carboxylic acid groups (broad SMARTS) is 1. The summed E-state index contributed by atoms with van der Waals surface area (Å²) in [6.45, 7) is 1.14. The summed E-state index contributed by atoms with van der Waals surface area (Å²) >= 11 is 0. The minimum Gasteiger partial charge on any atom is -0.508 e. The van der Waals surface area contributed by atoms with Crippen molar-refractivity contribution in [2.24, 2.45) is 11.5 Å². The third-order valence-corrected chi connectivity index (χ3v) is 6.55. The average Bonchev–Trinajstić information content (AvgIpc) is 3.33. The predicted octanol–water partition coefficient (Wildman–Crippen LogP) is -1.22. The molecule has 11 N–H and O–H groups in total. The second-order valence-corrected chi connectivity index (χ2v) is 9.90. The number of H-pyrrole nitrogens is 1. The molecule has 1 aromatic heterocycles. The molecule has 0 radical (unpaired) electrons. The van der Waals surface area contributed by atoms with Crippen molar-refractivity contribution in [2.75, 3.05) is 0 Å². The molecule has 0 saturated heterocycles. The molecule has 0 aliphatic rings. The van der Waals surface area contributed by atoms with Crippen LogP contribution < -0.4 is 27.4 Å². The molecule has 3 rings (SSSR count). The largest absolute Gasteiger partial charge is 0.508 e. The number of rotatable bonds is 14. The number of aromatic amines is 1. The minimum atomic E-state index is -1.72. The zero-order chi connectivity index (χ0) is 31.0. The summed E-state index contributed by atoms with van der Waals surface area (Å²) < 4.78 is 0. The maximum absolute atomic E-state index is 13.4. The van der Waals surface area contributed by atoms with E-state index in [0.717, 1.165) is 23.4 Å². The number of aliphatic hydroxyl groups excluding tert-OH is 1. The highest BCUT2D eigenvalue weighted by molar-refractivity contribution is 5.96. The highest BCUT2D eigenvalue weighted by atomic mass is 16.4. The fraction of sp³-hybridized carbons (Fsp3) is 0.321. The number of amides is 4. The van der Waals surface area contributed by atoms with Gasteiger partial charge in [0, 0.05) is 23.5 Å². The van der Waals surface area contributed by atoms with E-state index < -0.39 is 66.3 Å². The number of aromatic hydroxyl groups is 1. The molecule has 0 aliphatic heterocycles. The molecular weight excluding hydrogens is 548 g/mol. The summed E-state index contributed by atoms with van der Waals surface area (Å²) in [4.78, 5) is 65.5. The van der Waals surface area contributed by atoms with E-state index in [4.69, 9.17) is 11.5 Å². The normalized spacial score (nSPS) is 14.6. The summed E-state index contributed by atoms with van der Waals surface area (Å²) in [5.74, 6) is -5.17. The Morgan fingerprint density at radius 1 is 0.881 bits per heavy atom. The van der Waals surface area contributed by atoms with Gasteiger partial charge in [-0.15, -0.1) is 0 Å². The molecule has 0 aliphatic carbocycles. The van der Waals surface area contributed by atoms with E-state index in [9.17, 15) is 39.3 Å². The molecule has 0 bridgehead atoms. The number of aromatic nitrogens is 1. The highest BCUT2D eigenvalue weighted by Gasteiger charge is 2.33. The first-order valence-electron chi connectivity index (χ1n) is 13.0. The SMILES string of the molecule is CC(O)C(NC(=O)C(CC(N)=O)NC(=O)C(Cc1ccc(O)cc1)NC(=O)C(N)Cc1c[nH]c2ccccc12)C(=O)O. The van der Waals surface area contributed by atoms with Crippen LogP contribution in [-0.4, -0.2) is 80.2 Å². The lowest BCUT2D eigenvalue weighted by atomic mass is 10.0. The third-order valence-electron chi connectivity index (χ3n) is 6.55. The van der Waals surface area contributed by atoms with Gasteiger partial charge >= 0.3 is 5.97 Å². The maximum atomic E-state index is 13.4. The van der Waals surface area contributed by atoms with E-state index in [-0.39, 0.29) is 18.6 Å². The monoisotopic (exact) mass is 582 g/mol. The molecule has 2 aromatic carbocycles. The van der Waals surface area contributed by atoms with Gasteiger partial charge in [0.2, 0.25) is 23.6 Å². The fourth-order valence-electron chi connectivity index (χ4n) is 4.31. The van der Waals surface area contributed by atoms with Crippen LogP contribution in [0.3, 0.4) is 0 Å². The maximum Gasteiger partial charge on any atom is 0.328 e. The van der Waals surface area contributed by atoms with Crippen LogP contribution in [0.5, 0.6) is 5.75 Å². The Morgan fingerprint density at radius 3 is 2.12 bits per heavy atom. The zero-order valence-corrected chi connectivity index (χ0v) is 22.7. The lowest BCUT2D eigenvalue weighted by Crippen LogP contribution is -2.59. The van der Waals surface area contributed by atoms with Gasteiger partial charge in [-0.25, -0.2) is 4.79 Å². The number of hydrogen-bond donors (Lipinski definition) is 9. The van der Waals surface area contributed by atoms with E-state index in [1.165, 1.54) is 24.3 Å². The van der Waals surface area contributed by atoms with Gasteiger partial charge in [0.1, 0.15) is 17.8 Å². The standard InChI is InChI=1S/C28H34N6O8/c1-14(35)24(28(41)42)34-27(40)22(12-23(30)37)33-26(39)21(10-15-6-8-17(36)9-7-15)32-25(38)19(29)11-16-13-31-20-5-3-2-4-18(16)20/h2-9,13-14,19,21-22,24,31,35-36H,10-12,29H2,1H3,(H2,30,37)(H,32,38)(H,33,39)(H,34,40)(H,41,42). The van der Waals surface area contributed by atoms with Gasteiger partial charge in [0.15, 0.2) is 6.04 Å². The summed E-state index contributed by atoms with van der Waals surface area (Å²) in [7, 11) is 0. The second kappa shape index (κ2) is 14.1. The highest BCUT2D eigenvalue weighted by Crippen LogP contribution is 2.19. The fourth-order valence-corrected chi connectivity index (χ4v) is 4.31. The molecular formula is C28H34N6O8. The van der Waals surface area contributed by atoms with E-state index in [1.54, 1.807) is 6.20 Å². The number of fused-ring (bicyclic) bond motifs is 1. The van der Waals surface area contributed by atoms with Crippen LogP contribution in [-0.2, 0) is 36.8 Å². The van der Waals surface area contributed by atoms with Crippen LogP contribution in [0.2, 0.25) is 0 Å². The first kappa shape index (κ1) is 31.6. The number of carbonyl (C=O) groups is 5. The minimum absolute atomic E-state index is 0.0196. The molecule has 3 aromatic rings. The lowest BCUT2D eigenvalue weighted by molar-refractivity contribution is -0.145. The molecule has 4 amide bonds. The van der Waals surface area contributed by atoms with Crippen LogP contribution >= 0.6 is 0 Å². The van der Waals surface area contributed by atoms with E-state index in [1.807, 2.05) is 24.3 Å². The second-order valence-electron chi connectivity index (χ2n) is 9.90. The van der Waals surface area contributed by atoms with E-state index >= 15 is 0 Å². The Balaban J connectivity index is 1.80. The quantitative estimate of drug-likeness (QED) is 0.110. The smallest absolute Gasteiger partial charge is 0.328 e. The van der Waals surface area contributed by atoms with Gasteiger partial charge in [-0.05, 0) is 42.7 Å². The first-order valence-corrected chi connectivity index (χ1v) is 13.0. The van der Waals surface area contributed by atoms with E-state index in [0.29, 0.717) is 5.56 Å². The summed E-state index contributed by atoms with van der Waals surface area (Å²) in [5.41, 5.74) is 13.6. The Bertz CT molecular complexity index is 1440. The van der Waals surface area contributed by atoms with Crippen molar-refractivity contribution in [3.8, 4) is 5.75 Å². The Hall–Kier alpha value is -4.95. The molecule has 1 heterocycles. The molecule has 42 heavy (non-hydrogen) atoms. The molecule has 5 unspecified atom stereocenters. The molecule has 14 nitrogen and oxygen atoms in total. The number of phenolic OH excluding ortho intramolecular Hbond substituents is 1. The van der Waals surface area contributed by atoms with Crippen molar-refractivity contribution in [1.29, 1.82) is 0 Å². The molecule has 0 spiro atoms. The molecule has 224 valence electrons. The van der Waals surface area contributed by atoms with Crippen molar-refractivity contribution in [1.82, 2.24) is 20.9 Å². The van der Waals surface area contributed by atoms with Gasteiger partial charge in [0.25, 0.3) is 0 Å². The number of phenols is 1. The van der Waals surface area contributed by atoms with Crippen LogP contribution in [0, 0.1) is 0 Å². The number of nitrogens with one attached hydrogen (secondary N) is 4. The molecule has 0 fully saturated rings. The van der Waals surface area contributed by atoms with Crippen LogP contribution in [0.1, 0.15) is 24.5 Å². The average molecular weight is 583 g/mol. The number of hydrogen-bond acceptors (Lipinski definition) is 8. The van der Waals surface area contributed by atoms with Gasteiger partial charge in [-0.2, -0.15) is 0 Å². The van der Waals surface area contributed by atoms with Crippen molar-refractivity contribution in [3.05, 3.63) is 65.9 Å². The number of carbonyl (C=O) groups excluding carboxylic acids is 4. The van der Waals surface area contributed by atoms with E-state index in [2.05, 4.69) is 20.9 Å². The van der Waals surface area contributed by atoms with Crippen molar-refractivity contribution in [3.63, 3.8) is 0 Å². The number of carboxylic acids is 1. The number of aliphatic hydroxyl groups is 1. The number of primary amides is 1. The summed E-state index contributed by atoms with van der Waals surface area (Å²) in [6, 6.07) is 7.60. The molecule has 14 heteroatoms. The zero-order valence-electron chi connectivity index (χ0n) is 22.7. The summed E-state index contributed by atoms with van der Waals surface area (Å²) in [5, 5.41) is 36.5. The molecule has 5 atom stereocenters. The first-order chi connectivity index (χ1) is 19.8. The number of para-hydroxylation sites is 1. The topological polar surface area (TPSA) is 250 Å². The van der Waals surface area contributed by atoms with Crippen molar-refractivity contribution < 1.29 is 39.3 Å². The van der Waals surface area contributed by atoms with Gasteiger partial charge in [0.05, 0.1) is 18.6 Å². The van der Waals surface area contributed by atoms with Gasteiger partial charge in [-0.3, -0.25) is 19.2 Å². The van der Waals surface area contributed by atoms with Crippen molar-refractivity contribution in [2.45, 2.75) is 56.5 Å². The summed E-state index contributed by atoms with van der Waals surface area (Å²) in [6.07, 6.45) is -0.385. The van der Waals surface area contributed by atoms with Crippen LogP contribution in [0.4, 0.5) is 0 Å². The number of nitrogens with two attached hydrogens (primary N) is 2. The van der Waals surface area contributed by atoms with Gasteiger partial charge in [-0.1, -0.05) is 30.3 Å². The number of benzene rings is 2. The van der Waals surface area contributed by atoms with Gasteiger partial charge < -0.3 is 47.7 Å². The predicted molar refractivity (Wildman–Crippen MR) is 151 cm³/mol.